The molecule has 0 aliphatic rings. The van der Waals surface area contributed by atoms with Crippen molar-refractivity contribution in [2.24, 2.45) is 0 Å². The Morgan fingerprint density at radius 3 is 2.69 bits per heavy atom. The average molecular weight is 240 g/mol. The first-order valence-electron chi connectivity index (χ1n) is 4.30. The van der Waals surface area contributed by atoms with E-state index in [9.17, 15) is 0 Å². The third kappa shape index (κ3) is 2.13. The molecule has 0 aliphatic heterocycles. The Labute approximate surface area is 87.8 Å². The van der Waals surface area contributed by atoms with Gasteiger partial charge in [0.15, 0.2) is 0 Å². The molecule has 70 valence electrons. The van der Waals surface area contributed by atoms with Gasteiger partial charge in [-0.1, -0.05) is 29.4 Å². The molecular weight excluding hydrogens is 226 g/mol. The largest absolute Gasteiger partial charge is 0.398 e. The van der Waals surface area contributed by atoms with Crippen molar-refractivity contribution in [3.63, 3.8) is 0 Å². The van der Waals surface area contributed by atoms with Crippen molar-refractivity contribution in [3.8, 4) is 0 Å². The highest BCUT2D eigenvalue weighted by molar-refractivity contribution is 9.10. The van der Waals surface area contributed by atoms with Gasteiger partial charge in [-0.25, -0.2) is 0 Å². The van der Waals surface area contributed by atoms with Gasteiger partial charge in [-0.05, 0) is 36.6 Å². The molecule has 0 fully saturated rings. The van der Waals surface area contributed by atoms with Gasteiger partial charge in [0.1, 0.15) is 0 Å². The Balaban J connectivity index is 3.28. The lowest BCUT2D eigenvalue weighted by atomic mass is 10.0. The van der Waals surface area contributed by atoms with Gasteiger partial charge in [-0.15, -0.1) is 0 Å². The number of allylic oxidation sites excluding steroid dienone is 1. The van der Waals surface area contributed by atoms with Crippen LogP contribution in [0.1, 0.15) is 24.5 Å². The van der Waals surface area contributed by atoms with Crippen molar-refractivity contribution in [2.75, 3.05) is 5.73 Å². The predicted molar refractivity (Wildman–Crippen MR) is 62.6 cm³/mol. The van der Waals surface area contributed by atoms with E-state index in [1.807, 2.05) is 19.1 Å². The number of aryl methyl sites for hydroxylation is 1. The van der Waals surface area contributed by atoms with E-state index in [1.165, 1.54) is 0 Å². The summed E-state index contributed by atoms with van der Waals surface area (Å²) < 4.78 is 1.06. The summed E-state index contributed by atoms with van der Waals surface area (Å²) in [5.41, 5.74) is 10.0. The monoisotopic (exact) mass is 239 g/mol. The van der Waals surface area contributed by atoms with Gasteiger partial charge in [0.25, 0.3) is 0 Å². The van der Waals surface area contributed by atoms with Gasteiger partial charge in [-0.3, -0.25) is 0 Å². The number of nitrogen functional groups attached to an aromatic ring is 1. The minimum absolute atomic E-state index is 0.843. The first-order valence-corrected chi connectivity index (χ1v) is 5.09. The molecule has 2 N–H and O–H groups in total. The van der Waals surface area contributed by atoms with Crippen LogP contribution in [-0.2, 0) is 0 Å². The van der Waals surface area contributed by atoms with E-state index in [-0.39, 0.29) is 0 Å². The normalized spacial score (nSPS) is 10.1. The summed E-state index contributed by atoms with van der Waals surface area (Å²) in [5.74, 6) is 0. The summed E-state index contributed by atoms with van der Waals surface area (Å²) in [6.45, 7) is 8.07. The van der Waals surface area contributed by atoms with Gasteiger partial charge in [0, 0.05) is 15.7 Å². The lowest BCUT2D eigenvalue weighted by Gasteiger charge is -2.10. The highest BCUT2D eigenvalue weighted by atomic mass is 79.9. The third-order valence-electron chi connectivity index (χ3n) is 2.16. The SMILES string of the molecule is C=C(CC)c1cc(Br)cc(C)c1N. The topological polar surface area (TPSA) is 26.0 Å². The highest BCUT2D eigenvalue weighted by Crippen LogP contribution is 2.29. The molecule has 0 heterocycles. The predicted octanol–water partition coefficient (Wildman–Crippen LogP) is 3.76. The van der Waals surface area contributed by atoms with Crippen LogP contribution in [-0.4, -0.2) is 0 Å². The average Bonchev–Trinajstić information content (AvgIpc) is 2.10. The van der Waals surface area contributed by atoms with E-state index in [2.05, 4.69) is 29.4 Å². The fourth-order valence-corrected chi connectivity index (χ4v) is 1.81. The molecule has 1 nitrogen and oxygen atoms in total. The summed E-state index contributed by atoms with van der Waals surface area (Å²) in [6, 6.07) is 4.04. The molecule has 0 spiro atoms. The van der Waals surface area contributed by atoms with Crippen LogP contribution in [0.25, 0.3) is 5.57 Å². The molecule has 0 amide bonds. The van der Waals surface area contributed by atoms with Crippen LogP contribution in [0.4, 0.5) is 5.69 Å². The fraction of sp³-hybridized carbons (Fsp3) is 0.273. The van der Waals surface area contributed by atoms with E-state index < -0.39 is 0 Å². The molecule has 0 atom stereocenters. The molecule has 1 aromatic rings. The molecule has 1 rings (SSSR count). The Hall–Kier alpha value is -0.760. The first-order chi connectivity index (χ1) is 6.06. The number of halogens is 1. The van der Waals surface area contributed by atoms with Crippen LogP contribution in [0.5, 0.6) is 0 Å². The summed E-state index contributed by atoms with van der Waals surface area (Å²) in [4.78, 5) is 0. The molecule has 0 aliphatic carbocycles. The molecule has 2 heteroatoms. The van der Waals surface area contributed by atoms with Crippen molar-refractivity contribution in [3.05, 3.63) is 34.3 Å². The quantitative estimate of drug-likeness (QED) is 0.782. The van der Waals surface area contributed by atoms with Crippen molar-refractivity contribution < 1.29 is 0 Å². The van der Waals surface area contributed by atoms with E-state index in [1.54, 1.807) is 0 Å². The van der Waals surface area contributed by atoms with Gasteiger partial charge in [0.2, 0.25) is 0 Å². The zero-order chi connectivity index (χ0) is 10.0. The van der Waals surface area contributed by atoms with E-state index in [0.717, 1.165) is 33.3 Å². The Bertz CT molecular complexity index is 342. The Morgan fingerprint density at radius 2 is 2.15 bits per heavy atom. The molecule has 0 aromatic heterocycles. The minimum Gasteiger partial charge on any atom is -0.398 e. The van der Waals surface area contributed by atoms with Gasteiger partial charge in [0.05, 0.1) is 0 Å². The van der Waals surface area contributed by atoms with Crippen molar-refractivity contribution in [2.45, 2.75) is 20.3 Å². The second-order valence-corrected chi connectivity index (χ2v) is 4.06. The lowest BCUT2D eigenvalue weighted by molar-refractivity contribution is 1.24. The number of benzene rings is 1. The summed E-state index contributed by atoms with van der Waals surface area (Å²) in [5, 5.41) is 0. The van der Waals surface area contributed by atoms with Gasteiger partial charge in [-0.2, -0.15) is 0 Å². The van der Waals surface area contributed by atoms with Crippen molar-refractivity contribution in [1.29, 1.82) is 0 Å². The number of rotatable bonds is 2. The summed E-state index contributed by atoms with van der Waals surface area (Å²) in [7, 11) is 0. The first kappa shape index (κ1) is 10.3. The maximum atomic E-state index is 5.95. The summed E-state index contributed by atoms with van der Waals surface area (Å²) in [6.07, 6.45) is 0.931. The van der Waals surface area contributed by atoms with Gasteiger partial charge >= 0.3 is 0 Å². The molecule has 0 unspecified atom stereocenters. The van der Waals surface area contributed by atoms with Crippen LogP contribution in [0.2, 0.25) is 0 Å². The lowest BCUT2D eigenvalue weighted by Crippen LogP contribution is -1.96. The summed E-state index contributed by atoms with van der Waals surface area (Å²) >= 11 is 3.45. The molecule has 0 saturated carbocycles. The fourth-order valence-electron chi connectivity index (χ4n) is 1.24. The Morgan fingerprint density at radius 1 is 1.54 bits per heavy atom. The maximum absolute atomic E-state index is 5.95. The van der Waals surface area contributed by atoms with Crippen LogP contribution < -0.4 is 5.73 Å². The second-order valence-electron chi connectivity index (χ2n) is 3.14. The number of nitrogens with two attached hydrogens (primary N) is 1. The number of hydrogen-bond donors (Lipinski definition) is 1. The number of hydrogen-bond acceptors (Lipinski definition) is 1. The highest BCUT2D eigenvalue weighted by Gasteiger charge is 2.05. The standard InChI is InChI=1S/C11H14BrN/c1-4-7(2)10-6-9(12)5-8(3)11(10)13/h5-6H,2,4,13H2,1,3H3. The minimum atomic E-state index is 0.843. The van der Waals surface area contributed by atoms with E-state index in [4.69, 9.17) is 5.73 Å². The Kier molecular flexibility index (Phi) is 3.15. The number of anilines is 1. The molecule has 0 saturated heterocycles. The zero-order valence-electron chi connectivity index (χ0n) is 8.02. The molecule has 0 radical (unpaired) electrons. The van der Waals surface area contributed by atoms with Gasteiger partial charge < -0.3 is 5.73 Å². The van der Waals surface area contributed by atoms with Crippen LogP contribution >= 0.6 is 15.9 Å². The second kappa shape index (κ2) is 3.97. The van der Waals surface area contributed by atoms with Crippen molar-refractivity contribution >= 4 is 27.2 Å². The molecule has 0 bridgehead atoms. The van der Waals surface area contributed by atoms with Crippen molar-refractivity contribution in [1.82, 2.24) is 0 Å². The molecule has 13 heavy (non-hydrogen) atoms. The van der Waals surface area contributed by atoms with E-state index in [0.29, 0.717) is 0 Å². The zero-order valence-corrected chi connectivity index (χ0v) is 9.61. The smallest absolute Gasteiger partial charge is 0.0420 e. The van der Waals surface area contributed by atoms with Crippen LogP contribution in [0.15, 0.2) is 23.2 Å². The molecular formula is C11H14BrN. The van der Waals surface area contributed by atoms with Crippen LogP contribution in [0.3, 0.4) is 0 Å². The third-order valence-corrected chi connectivity index (χ3v) is 2.62. The van der Waals surface area contributed by atoms with Crippen LogP contribution in [0, 0.1) is 6.92 Å². The van der Waals surface area contributed by atoms with E-state index >= 15 is 0 Å². The maximum Gasteiger partial charge on any atom is 0.0420 e. The molecule has 1 aromatic carbocycles.